The lowest BCUT2D eigenvalue weighted by molar-refractivity contribution is -0.148. The quantitative estimate of drug-likeness (QED) is 0.876. The Morgan fingerprint density at radius 1 is 1.35 bits per heavy atom. The smallest absolute Gasteiger partial charge is 0.326 e. The molecule has 2 N–H and O–H groups in total. The van der Waals surface area contributed by atoms with E-state index >= 15 is 0 Å². The SMILES string of the molecule is CCC(C(=O)O)N(C)C(=O)Cc1c[nH]c2ccccc12. The van der Waals surface area contributed by atoms with Crippen LogP contribution in [0.5, 0.6) is 0 Å². The normalized spacial score (nSPS) is 12.3. The lowest BCUT2D eigenvalue weighted by Gasteiger charge is -2.23. The molecule has 2 rings (SSSR count). The molecule has 0 aliphatic carbocycles. The van der Waals surface area contributed by atoms with Gasteiger partial charge in [0.1, 0.15) is 6.04 Å². The Labute approximate surface area is 117 Å². The van der Waals surface area contributed by atoms with Crippen LogP contribution in [0.15, 0.2) is 30.5 Å². The maximum atomic E-state index is 12.2. The van der Waals surface area contributed by atoms with Crippen LogP contribution in [-0.4, -0.2) is 40.0 Å². The first-order valence-electron chi connectivity index (χ1n) is 6.58. The molecule has 1 atom stereocenters. The van der Waals surface area contributed by atoms with E-state index in [9.17, 15) is 9.59 Å². The minimum absolute atomic E-state index is 0.191. The Bertz CT molecular complexity index is 633. The van der Waals surface area contributed by atoms with Gasteiger partial charge in [0.15, 0.2) is 0 Å². The predicted octanol–water partition coefficient (Wildman–Crippen LogP) is 2.03. The molecule has 0 radical (unpaired) electrons. The highest BCUT2D eigenvalue weighted by Gasteiger charge is 2.25. The van der Waals surface area contributed by atoms with Crippen LogP contribution in [0.4, 0.5) is 0 Å². The van der Waals surface area contributed by atoms with E-state index < -0.39 is 12.0 Å². The number of aromatic nitrogens is 1. The van der Waals surface area contributed by atoms with Crippen LogP contribution in [0, 0.1) is 0 Å². The van der Waals surface area contributed by atoms with Crippen molar-refractivity contribution < 1.29 is 14.7 Å². The molecule has 1 unspecified atom stereocenters. The van der Waals surface area contributed by atoms with E-state index in [4.69, 9.17) is 5.11 Å². The summed E-state index contributed by atoms with van der Waals surface area (Å²) < 4.78 is 0. The number of para-hydroxylation sites is 1. The number of nitrogens with one attached hydrogen (secondary N) is 1. The summed E-state index contributed by atoms with van der Waals surface area (Å²) in [5, 5.41) is 10.1. The Kier molecular flexibility index (Phi) is 4.08. The number of aromatic amines is 1. The molecule has 1 heterocycles. The number of carbonyl (C=O) groups is 2. The van der Waals surface area contributed by atoms with Crippen molar-refractivity contribution in [2.45, 2.75) is 25.8 Å². The van der Waals surface area contributed by atoms with E-state index in [1.807, 2.05) is 24.3 Å². The molecule has 0 bridgehead atoms. The Hall–Kier alpha value is -2.30. The number of hydrogen-bond acceptors (Lipinski definition) is 2. The summed E-state index contributed by atoms with van der Waals surface area (Å²) in [6.45, 7) is 1.76. The van der Waals surface area contributed by atoms with Gasteiger partial charge in [0.25, 0.3) is 0 Å². The fourth-order valence-corrected chi connectivity index (χ4v) is 2.35. The molecule has 20 heavy (non-hydrogen) atoms. The summed E-state index contributed by atoms with van der Waals surface area (Å²) in [5.74, 6) is -1.16. The number of likely N-dealkylation sites (N-methyl/N-ethyl adjacent to an activating group) is 1. The average Bonchev–Trinajstić information content (AvgIpc) is 2.82. The zero-order valence-corrected chi connectivity index (χ0v) is 11.6. The van der Waals surface area contributed by atoms with Gasteiger partial charge in [-0.15, -0.1) is 0 Å². The Balaban J connectivity index is 2.17. The van der Waals surface area contributed by atoms with Gasteiger partial charge in [-0.3, -0.25) is 4.79 Å². The van der Waals surface area contributed by atoms with Crippen LogP contribution >= 0.6 is 0 Å². The number of H-pyrrole nitrogens is 1. The fraction of sp³-hybridized carbons (Fsp3) is 0.333. The second kappa shape index (κ2) is 5.77. The van der Waals surface area contributed by atoms with Crippen LogP contribution in [0.2, 0.25) is 0 Å². The third kappa shape index (κ3) is 2.66. The highest BCUT2D eigenvalue weighted by Crippen LogP contribution is 2.19. The molecule has 1 amide bonds. The van der Waals surface area contributed by atoms with E-state index in [1.165, 1.54) is 4.90 Å². The molecule has 106 valence electrons. The third-order valence-corrected chi connectivity index (χ3v) is 3.55. The molecule has 5 heteroatoms. The summed E-state index contributed by atoms with van der Waals surface area (Å²) in [7, 11) is 1.54. The van der Waals surface area contributed by atoms with Crippen LogP contribution in [0.3, 0.4) is 0 Å². The van der Waals surface area contributed by atoms with Crippen molar-refractivity contribution in [2.24, 2.45) is 0 Å². The molecule has 0 aliphatic heterocycles. The van der Waals surface area contributed by atoms with Crippen molar-refractivity contribution in [3.63, 3.8) is 0 Å². The van der Waals surface area contributed by atoms with Gasteiger partial charge < -0.3 is 15.0 Å². The largest absolute Gasteiger partial charge is 0.480 e. The number of hydrogen-bond donors (Lipinski definition) is 2. The van der Waals surface area contributed by atoms with Crippen molar-refractivity contribution in [2.75, 3.05) is 7.05 Å². The first kappa shape index (κ1) is 14.1. The number of nitrogens with zero attached hydrogens (tertiary/aromatic N) is 1. The molecule has 5 nitrogen and oxygen atoms in total. The van der Waals surface area contributed by atoms with Gasteiger partial charge in [0.05, 0.1) is 6.42 Å². The first-order valence-corrected chi connectivity index (χ1v) is 6.58. The highest BCUT2D eigenvalue weighted by molar-refractivity contribution is 5.90. The van der Waals surface area contributed by atoms with Crippen LogP contribution in [-0.2, 0) is 16.0 Å². The second-order valence-electron chi connectivity index (χ2n) is 4.80. The van der Waals surface area contributed by atoms with Gasteiger partial charge in [0.2, 0.25) is 5.91 Å². The van der Waals surface area contributed by atoms with Gasteiger partial charge in [-0.25, -0.2) is 4.79 Å². The minimum Gasteiger partial charge on any atom is -0.480 e. The number of benzene rings is 1. The van der Waals surface area contributed by atoms with Crippen molar-refractivity contribution in [3.8, 4) is 0 Å². The summed E-state index contributed by atoms with van der Waals surface area (Å²) in [4.78, 5) is 27.7. The summed E-state index contributed by atoms with van der Waals surface area (Å²) in [6.07, 6.45) is 2.40. The third-order valence-electron chi connectivity index (χ3n) is 3.55. The number of rotatable bonds is 5. The topological polar surface area (TPSA) is 73.4 Å². The number of amides is 1. The maximum absolute atomic E-state index is 12.2. The number of carbonyl (C=O) groups excluding carboxylic acids is 1. The van der Waals surface area contributed by atoms with Gasteiger partial charge in [-0.2, -0.15) is 0 Å². The monoisotopic (exact) mass is 274 g/mol. The second-order valence-corrected chi connectivity index (χ2v) is 4.80. The van der Waals surface area contributed by atoms with E-state index in [2.05, 4.69) is 4.98 Å². The standard InChI is InChI=1S/C15H18N2O3/c1-3-13(15(19)20)17(2)14(18)8-10-9-16-12-7-5-4-6-11(10)12/h4-7,9,13,16H,3,8H2,1-2H3,(H,19,20). The highest BCUT2D eigenvalue weighted by atomic mass is 16.4. The molecule has 1 aromatic heterocycles. The molecule has 0 aliphatic rings. The Morgan fingerprint density at radius 2 is 2.05 bits per heavy atom. The van der Waals surface area contributed by atoms with Crippen LogP contribution in [0.1, 0.15) is 18.9 Å². The van der Waals surface area contributed by atoms with Gasteiger partial charge in [-0.1, -0.05) is 25.1 Å². The number of carboxylic acids is 1. The van der Waals surface area contributed by atoms with E-state index in [1.54, 1.807) is 20.2 Å². The van der Waals surface area contributed by atoms with Crippen molar-refractivity contribution in [1.82, 2.24) is 9.88 Å². The Morgan fingerprint density at radius 3 is 2.70 bits per heavy atom. The number of aliphatic carboxylic acids is 1. The molecule has 1 aromatic carbocycles. The zero-order valence-electron chi connectivity index (χ0n) is 11.6. The average molecular weight is 274 g/mol. The lowest BCUT2D eigenvalue weighted by atomic mass is 10.1. The molecular formula is C15H18N2O3. The fourth-order valence-electron chi connectivity index (χ4n) is 2.35. The summed E-state index contributed by atoms with van der Waals surface area (Å²) in [6, 6.07) is 6.96. The molecule has 0 saturated carbocycles. The molecule has 0 spiro atoms. The molecule has 0 fully saturated rings. The zero-order chi connectivity index (χ0) is 14.7. The van der Waals surface area contributed by atoms with Crippen LogP contribution in [0.25, 0.3) is 10.9 Å². The number of carboxylic acid groups (broad SMARTS) is 1. The van der Waals surface area contributed by atoms with Crippen molar-refractivity contribution in [3.05, 3.63) is 36.0 Å². The minimum atomic E-state index is -0.970. The lowest BCUT2D eigenvalue weighted by Crippen LogP contribution is -2.42. The summed E-state index contributed by atoms with van der Waals surface area (Å²) >= 11 is 0. The van der Waals surface area contributed by atoms with Crippen molar-refractivity contribution >= 4 is 22.8 Å². The summed E-state index contributed by atoms with van der Waals surface area (Å²) in [5.41, 5.74) is 1.86. The van der Waals surface area contributed by atoms with Gasteiger partial charge in [0, 0.05) is 24.1 Å². The van der Waals surface area contributed by atoms with E-state index in [0.29, 0.717) is 6.42 Å². The van der Waals surface area contributed by atoms with Gasteiger partial charge >= 0.3 is 5.97 Å². The van der Waals surface area contributed by atoms with Crippen LogP contribution < -0.4 is 0 Å². The maximum Gasteiger partial charge on any atom is 0.326 e. The van der Waals surface area contributed by atoms with Crippen molar-refractivity contribution in [1.29, 1.82) is 0 Å². The molecule has 2 aromatic rings. The van der Waals surface area contributed by atoms with Gasteiger partial charge in [-0.05, 0) is 18.1 Å². The number of fused-ring (bicyclic) bond motifs is 1. The van der Waals surface area contributed by atoms with E-state index in [-0.39, 0.29) is 12.3 Å². The molecular weight excluding hydrogens is 256 g/mol. The molecule has 0 saturated heterocycles. The predicted molar refractivity (Wildman–Crippen MR) is 76.5 cm³/mol. The van der Waals surface area contributed by atoms with E-state index in [0.717, 1.165) is 16.5 Å². The first-order chi connectivity index (χ1) is 9.54.